The standard InChI is InChI=1S/C10H13NO.C10H13N.C10H19N.C10H15N.C10H19N.C9H10ClN.C9H11NO.C9H13NS.C8H10N2.C7H15N.C6H13N.C5H11N.C5H9N.3CH4/c1-11-6-5-8-3-4-9(12-2)7-10(8)11;1-8-3-4-9-5-6-11(2)10(9)7-8;1-11-8-4-6-9-5-2-3-7-10(9)11;1-11-7-5-9-3-2-4-10(9)6-8-11;1-11-7-6-9-4-2-3-5-10(9)8-11;1-11-5-4-7-2-3-8(10)6-9(7)11;1-10-5-4-7-2-3-8(11)6-9(7)10;1-10-5-2-8-4-7-11-9(8)3-6-10;1-10-6-4-7-3-2-5-9-8(7)10;1-7-5-3-4-6-8(7)2;1-7-5-3-2-4-6-7;2*1-6-4-2-3-5-6;;;/h3-4,7H,5-6H2,1-2H3;3-4,7H,5-6H2,1-2H3;9-10H,2-8H2,1H3;2-3H,4-8H2,1H3;9-10H,2-8H2,1H3;2-3,6H,4-5H2,1H3;2-3,6,11H,4-5H2,1H3;4,7H,2-3,5-6H2,1H3;2-3,5H,4,6H2,1H3;7H,3-6H2,1-2H3;2-6H2,1H3;2-5H2,1H3;2-3H,4-5H2,1H3;3*1H4. The molecule has 4 aromatic carbocycles. The van der Waals surface area contributed by atoms with Crippen LogP contribution in [0.3, 0.4) is 0 Å². The molecule has 0 amide bonds. The lowest BCUT2D eigenvalue weighted by Gasteiger charge is -2.42. The van der Waals surface area contributed by atoms with Gasteiger partial charge in [-0.3, -0.25) is 4.90 Å². The van der Waals surface area contributed by atoms with Crippen molar-refractivity contribution in [2.75, 3.05) is 248 Å². The van der Waals surface area contributed by atoms with Gasteiger partial charge in [0, 0.05) is 177 Å². The van der Waals surface area contributed by atoms with Gasteiger partial charge in [-0.05, 0) is 367 Å². The number of aromatic hydroxyl groups is 1. The van der Waals surface area contributed by atoms with Crippen LogP contribution in [0.4, 0.5) is 28.6 Å². The maximum atomic E-state index is 9.19. The Kier molecular flexibility index (Phi) is 49.8. The number of thiophene rings is 1. The van der Waals surface area contributed by atoms with Crippen LogP contribution in [0.1, 0.15) is 214 Å². The van der Waals surface area contributed by atoms with Gasteiger partial charge in [-0.25, -0.2) is 4.98 Å². The zero-order chi connectivity index (χ0) is 89.7. The van der Waals surface area contributed by atoms with E-state index in [-0.39, 0.29) is 22.3 Å². The van der Waals surface area contributed by atoms with Gasteiger partial charge in [-0.2, -0.15) is 0 Å². The third-order valence-corrected chi connectivity index (χ3v) is 30.4. The van der Waals surface area contributed by atoms with Gasteiger partial charge >= 0.3 is 0 Å². The lowest BCUT2D eigenvalue weighted by molar-refractivity contribution is 0.0841. The number of methoxy groups -OCH3 is 1. The van der Waals surface area contributed by atoms with E-state index in [1.807, 2.05) is 61.0 Å². The number of aromatic nitrogens is 1. The highest BCUT2D eigenvalue weighted by molar-refractivity contribution is 7.10. The number of phenolic OH excluding ortho intramolecular Hbond substituents is 1. The second-order valence-corrected chi connectivity index (χ2v) is 40.7. The summed E-state index contributed by atoms with van der Waals surface area (Å²) in [4.78, 5) is 36.4. The quantitative estimate of drug-likeness (QED) is 0.158. The monoisotopic (exact) mass is 1810 g/mol. The molecular formula is C111H183ClN14O2S. The minimum atomic E-state index is 0. The van der Waals surface area contributed by atoms with Crippen molar-refractivity contribution in [3.8, 4) is 11.5 Å². The Morgan fingerprint density at radius 1 is 0.395 bits per heavy atom. The molecule has 15 heterocycles. The van der Waals surface area contributed by atoms with Crippen molar-refractivity contribution < 1.29 is 9.84 Å². The zero-order valence-corrected chi connectivity index (χ0v) is 83.4. The summed E-state index contributed by atoms with van der Waals surface area (Å²) in [5.41, 5.74) is 18.5. The number of nitrogens with zero attached hydrogens (tertiary/aromatic N) is 14. The minimum Gasteiger partial charge on any atom is -0.508 e. The number of allylic oxidation sites excluding steroid dienone is 2. The van der Waals surface area contributed by atoms with Crippen LogP contribution in [0, 0.1) is 24.7 Å². The Morgan fingerprint density at radius 2 is 0.891 bits per heavy atom. The van der Waals surface area contributed by atoms with Crippen LogP contribution in [0.15, 0.2) is 138 Å². The predicted octanol–water partition coefficient (Wildman–Crippen LogP) is 22.3. The van der Waals surface area contributed by atoms with E-state index in [1.54, 1.807) is 34.8 Å². The number of likely N-dealkylation sites (tertiary alicyclic amines) is 5. The summed E-state index contributed by atoms with van der Waals surface area (Å²) < 4.78 is 5.16. The van der Waals surface area contributed by atoms with E-state index in [9.17, 15) is 5.11 Å². The average molecular weight is 1810 g/mol. The molecule has 1 N–H and O–H groups in total. The molecule has 6 aromatic rings. The lowest BCUT2D eigenvalue weighted by atomic mass is 9.75. The van der Waals surface area contributed by atoms with Crippen LogP contribution >= 0.6 is 22.9 Å². The SMILES string of the molecule is C.C.C.CC1CCCCN1C.CN1CC=CC1.CN1CCC2=C(CC=C2)CC1.CN1CCC2CCCCC2C1.CN1CCCC1.CN1CCCC2CCCCC21.CN1CCCCC1.CN1CCc2ccc(Cl)cc21.CN1CCc2ccc(O)cc21.CN1CCc2cccnc21.CN1CCc2ccsc2CC1.COc1ccc2c(c1)N(C)CC2.Cc1ccc2c(c1)N(C)CC2. The number of halogens is 1. The van der Waals surface area contributed by atoms with Crippen LogP contribution in [-0.2, 0) is 44.9 Å². The molecule has 722 valence electrons. The fraction of sp³-hybridized carbons (Fsp3) is 0.649. The van der Waals surface area contributed by atoms with E-state index in [0.29, 0.717) is 5.75 Å². The first kappa shape index (κ1) is 110. The molecule has 5 saturated heterocycles. The van der Waals surface area contributed by atoms with E-state index in [2.05, 4.69) is 245 Å². The number of pyridine rings is 1. The number of piperidine rings is 4. The number of benzene rings is 4. The fourth-order valence-electron chi connectivity index (χ4n) is 20.5. The molecule has 16 aliphatic rings. The summed E-state index contributed by atoms with van der Waals surface area (Å²) in [6.07, 6.45) is 50.6. The first-order valence-corrected chi connectivity index (χ1v) is 50.7. The zero-order valence-electron chi connectivity index (χ0n) is 81.9. The molecule has 5 atom stereocenters. The van der Waals surface area contributed by atoms with Crippen LogP contribution in [0.5, 0.6) is 11.5 Å². The topological polar surface area (TPSA) is 84.5 Å². The van der Waals surface area contributed by atoms with Gasteiger partial charge in [-0.15, -0.1) is 11.3 Å². The second-order valence-electron chi connectivity index (χ2n) is 39.3. The number of hydrogen-bond acceptors (Lipinski definition) is 17. The van der Waals surface area contributed by atoms with Crippen molar-refractivity contribution in [3.63, 3.8) is 0 Å². The molecule has 22 rings (SSSR count). The normalized spacial score (nSPS) is 22.8. The van der Waals surface area contributed by atoms with Gasteiger partial charge < -0.3 is 68.6 Å². The van der Waals surface area contributed by atoms with E-state index in [4.69, 9.17) is 16.3 Å². The molecule has 18 heteroatoms. The summed E-state index contributed by atoms with van der Waals surface area (Å²) in [6, 6.07) is 32.9. The Morgan fingerprint density at radius 3 is 1.47 bits per heavy atom. The molecule has 2 saturated carbocycles. The molecule has 0 spiro atoms. The molecule has 13 aliphatic heterocycles. The molecule has 3 aliphatic carbocycles. The van der Waals surface area contributed by atoms with Crippen LogP contribution < -0.4 is 29.2 Å². The van der Waals surface area contributed by atoms with E-state index in [1.165, 1.54) is 302 Å². The van der Waals surface area contributed by atoms with Gasteiger partial charge in [0.05, 0.1) is 7.11 Å². The van der Waals surface area contributed by atoms with Crippen molar-refractivity contribution >= 4 is 51.5 Å². The Labute approximate surface area is 798 Å². The predicted molar refractivity (Wildman–Crippen MR) is 566 cm³/mol. The van der Waals surface area contributed by atoms with Crippen molar-refractivity contribution in [1.29, 1.82) is 0 Å². The molecule has 129 heavy (non-hydrogen) atoms. The van der Waals surface area contributed by atoms with Crippen LogP contribution in [0.2, 0.25) is 5.02 Å². The Hall–Kier alpha value is -6.48. The summed E-state index contributed by atoms with van der Waals surface area (Å²) in [6.45, 7) is 27.9. The van der Waals surface area contributed by atoms with Gasteiger partial charge in [0.1, 0.15) is 17.3 Å². The number of anilines is 5. The summed E-state index contributed by atoms with van der Waals surface area (Å²) in [5, 5.41) is 12.2. The number of phenols is 1. The number of likely N-dealkylation sites (N-methyl/N-ethyl adjacent to an activating group) is 7. The van der Waals surface area contributed by atoms with Crippen molar-refractivity contribution in [2.45, 2.75) is 234 Å². The van der Waals surface area contributed by atoms with Gasteiger partial charge in [-0.1, -0.05) is 145 Å². The van der Waals surface area contributed by atoms with Gasteiger partial charge in [0.25, 0.3) is 0 Å². The summed E-state index contributed by atoms with van der Waals surface area (Å²) in [5.74, 6) is 5.67. The summed E-state index contributed by atoms with van der Waals surface area (Å²) in [7, 11) is 29.9. The Balaban J connectivity index is 0.000000192. The molecule has 16 nitrogen and oxygen atoms in total. The van der Waals surface area contributed by atoms with Gasteiger partial charge in [0.15, 0.2) is 0 Å². The van der Waals surface area contributed by atoms with Crippen molar-refractivity contribution in [2.24, 2.45) is 17.8 Å². The number of aryl methyl sites for hydroxylation is 1. The number of fused-ring (bicyclic) bond motifs is 8. The third kappa shape index (κ3) is 36.7. The molecule has 5 unspecified atom stereocenters. The highest BCUT2D eigenvalue weighted by Crippen LogP contribution is 2.38. The minimum absolute atomic E-state index is 0. The number of hydrogen-bond donors (Lipinski definition) is 1. The third-order valence-electron chi connectivity index (χ3n) is 29.2. The molecule has 0 radical (unpaired) electrons. The first-order chi connectivity index (χ1) is 60.9. The maximum absolute atomic E-state index is 9.19. The van der Waals surface area contributed by atoms with Crippen LogP contribution in [0.25, 0.3) is 0 Å². The van der Waals surface area contributed by atoms with E-state index in [0.717, 1.165) is 111 Å². The summed E-state index contributed by atoms with van der Waals surface area (Å²) >= 11 is 7.78. The molecule has 2 aromatic heterocycles. The van der Waals surface area contributed by atoms with Crippen molar-refractivity contribution in [3.05, 3.63) is 187 Å². The maximum Gasteiger partial charge on any atom is 0.131 e. The van der Waals surface area contributed by atoms with Crippen LogP contribution in [-0.4, -0.2) is 284 Å². The number of ether oxygens (including phenoxy) is 1. The number of rotatable bonds is 1. The van der Waals surface area contributed by atoms with E-state index >= 15 is 0 Å². The smallest absolute Gasteiger partial charge is 0.131 e. The lowest BCUT2D eigenvalue weighted by Crippen LogP contribution is -2.44. The van der Waals surface area contributed by atoms with Gasteiger partial charge in [0.2, 0.25) is 0 Å². The Bertz CT molecular complexity index is 4020. The fourth-order valence-corrected chi connectivity index (χ4v) is 21.6. The highest BCUT2D eigenvalue weighted by atomic mass is 35.5. The molecule has 0 bridgehead atoms. The second kappa shape index (κ2) is 58.6. The average Bonchev–Trinajstić information content (AvgIpc) is 1.80. The molecular weight excluding hydrogens is 1630 g/mol. The largest absolute Gasteiger partial charge is 0.508 e. The van der Waals surface area contributed by atoms with E-state index < -0.39 is 0 Å². The van der Waals surface area contributed by atoms with Crippen molar-refractivity contribution in [1.82, 2.24) is 44.2 Å². The highest BCUT2D eigenvalue weighted by Gasteiger charge is 2.32. The first-order valence-electron chi connectivity index (χ1n) is 49.4. The molecule has 7 fully saturated rings.